The maximum atomic E-state index is 12.3. The van der Waals surface area contributed by atoms with Gasteiger partial charge < -0.3 is 4.74 Å². The highest BCUT2D eigenvalue weighted by atomic mass is 32.2. The largest absolute Gasteiger partial charge is 0.482 e. The van der Waals surface area contributed by atoms with E-state index >= 15 is 0 Å². The van der Waals surface area contributed by atoms with Gasteiger partial charge in [0.05, 0.1) is 16.3 Å². The third kappa shape index (κ3) is 4.61. The second-order valence-corrected chi connectivity index (χ2v) is 8.09. The molecular weight excluding hydrogens is 396 g/mol. The van der Waals surface area contributed by atoms with Gasteiger partial charge in [-0.3, -0.25) is 14.5 Å². The number of ether oxygens (including phenoxy) is 1. The number of nitrogens with zero attached hydrogens (tertiary/aromatic N) is 2. The first-order chi connectivity index (χ1) is 13.8. The molecule has 2 amide bonds. The molecule has 1 aliphatic heterocycles. The molecule has 0 fully saturated rings. The van der Waals surface area contributed by atoms with Gasteiger partial charge in [0.25, 0.3) is 11.8 Å². The van der Waals surface area contributed by atoms with Crippen molar-refractivity contribution in [3.8, 4) is 5.75 Å². The summed E-state index contributed by atoms with van der Waals surface area (Å²) in [4.78, 5) is 25.9. The molecule has 3 rings (SSSR count). The summed E-state index contributed by atoms with van der Waals surface area (Å²) in [5, 5.41) is 4.04. The molecule has 1 aliphatic rings. The monoisotopic (exact) mass is 416 g/mol. The van der Waals surface area contributed by atoms with Crippen LogP contribution in [-0.4, -0.2) is 46.1 Å². The van der Waals surface area contributed by atoms with E-state index in [4.69, 9.17) is 4.74 Å². The summed E-state index contributed by atoms with van der Waals surface area (Å²) in [6.07, 6.45) is 0. The zero-order valence-corrected chi connectivity index (χ0v) is 16.7. The average Bonchev–Trinajstić information content (AvgIpc) is 2.74. The molecule has 0 radical (unpaired) electrons. The minimum Gasteiger partial charge on any atom is -0.482 e. The van der Waals surface area contributed by atoms with Crippen LogP contribution >= 0.6 is 0 Å². The van der Waals surface area contributed by atoms with Crippen LogP contribution in [0.4, 0.5) is 5.69 Å². The van der Waals surface area contributed by atoms with Gasteiger partial charge >= 0.3 is 0 Å². The number of sulfonamides is 1. The van der Waals surface area contributed by atoms with Gasteiger partial charge in [-0.25, -0.2) is 18.6 Å². The predicted molar refractivity (Wildman–Crippen MR) is 107 cm³/mol. The van der Waals surface area contributed by atoms with Crippen LogP contribution in [0.15, 0.2) is 58.5 Å². The zero-order chi connectivity index (χ0) is 21.0. The third-order valence-corrected chi connectivity index (χ3v) is 5.74. The van der Waals surface area contributed by atoms with E-state index < -0.39 is 15.9 Å². The number of anilines is 1. The lowest BCUT2D eigenvalue weighted by molar-refractivity contribution is -0.125. The molecule has 0 saturated carbocycles. The molecule has 2 aromatic rings. The number of hydrogen-bond donors (Lipinski definition) is 2. The first-order valence-corrected chi connectivity index (χ1v) is 10.2. The Balaban J connectivity index is 1.67. The van der Waals surface area contributed by atoms with Crippen LogP contribution in [0, 0.1) is 0 Å². The number of hydrogen-bond acceptors (Lipinski definition) is 6. The molecule has 2 N–H and O–H groups in total. The topological polar surface area (TPSA) is 117 Å². The van der Waals surface area contributed by atoms with E-state index in [-0.39, 0.29) is 24.0 Å². The maximum absolute atomic E-state index is 12.3. The van der Waals surface area contributed by atoms with Gasteiger partial charge in [-0.2, -0.15) is 5.10 Å². The summed E-state index contributed by atoms with van der Waals surface area (Å²) in [7, 11) is -2.18. The van der Waals surface area contributed by atoms with Gasteiger partial charge in [-0.05, 0) is 43.8 Å². The predicted octanol–water partition coefficient (Wildman–Crippen LogP) is 0.861. The summed E-state index contributed by atoms with van der Waals surface area (Å²) in [6.45, 7) is 1.35. The van der Waals surface area contributed by atoms with Crippen LogP contribution in [0.3, 0.4) is 0 Å². The molecular formula is C19H20N4O5S. The lowest BCUT2D eigenvalue weighted by Gasteiger charge is -2.28. The molecule has 0 bridgehead atoms. The molecule has 0 aliphatic carbocycles. The number of nitrogens with one attached hydrogen (secondary N) is 2. The molecule has 0 saturated heterocycles. The Morgan fingerprint density at radius 2 is 1.86 bits per heavy atom. The molecule has 9 nitrogen and oxygen atoms in total. The second kappa shape index (κ2) is 8.41. The Kier molecular flexibility index (Phi) is 5.95. The number of carbonyl (C=O) groups is 2. The zero-order valence-electron chi connectivity index (χ0n) is 15.9. The van der Waals surface area contributed by atoms with Crippen LogP contribution in [0.25, 0.3) is 0 Å². The second-order valence-electron chi connectivity index (χ2n) is 6.20. The molecule has 0 aromatic heterocycles. The van der Waals surface area contributed by atoms with Crippen LogP contribution in [0.5, 0.6) is 5.75 Å². The van der Waals surface area contributed by atoms with E-state index in [9.17, 15) is 18.0 Å². The first-order valence-electron chi connectivity index (χ1n) is 8.71. The fraction of sp³-hybridized carbons (Fsp3) is 0.211. The van der Waals surface area contributed by atoms with E-state index in [1.807, 2.05) is 0 Å². The van der Waals surface area contributed by atoms with Crippen LogP contribution < -0.4 is 19.8 Å². The minimum atomic E-state index is -3.52. The number of amides is 2. The van der Waals surface area contributed by atoms with E-state index in [1.54, 1.807) is 43.3 Å². The van der Waals surface area contributed by atoms with Gasteiger partial charge in [0.15, 0.2) is 6.61 Å². The highest BCUT2D eigenvalue weighted by Gasteiger charge is 2.26. The number of carbonyl (C=O) groups excluding carboxylic acids is 2. The molecule has 0 spiro atoms. The number of hydrazone groups is 1. The summed E-state index contributed by atoms with van der Waals surface area (Å²) in [6, 6.07) is 13.1. The van der Waals surface area contributed by atoms with Crippen LogP contribution in [-0.2, 0) is 19.6 Å². The quantitative estimate of drug-likeness (QED) is 0.535. The Labute approximate surface area is 168 Å². The molecule has 10 heteroatoms. The van der Waals surface area contributed by atoms with Gasteiger partial charge in [0.2, 0.25) is 10.0 Å². The van der Waals surface area contributed by atoms with Crippen molar-refractivity contribution in [3.05, 3.63) is 54.1 Å². The van der Waals surface area contributed by atoms with E-state index in [0.717, 1.165) is 0 Å². The van der Waals surface area contributed by atoms with E-state index in [0.29, 0.717) is 22.7 Å². The standard InChI is InChI=1S/C19H20N4O5S/c1-13(14-7-9-15(10-8-14)29(26,27)20-2)21-22-18(24)11-23-16-5-3-4-6-17(16)28-12-19(23)25/h3-10,20H,11-12H2,1-2H3,(H,22,24)/b21-13-. The Morgan fingerprint density at radius 3 is 2.55 bits per heavy atom. The number of benzene rings is 2. The summed E-state index contributed by atoms with van der Waals surface area (Å²) in [5.41, 5.74) is 4.08. The summed E-state index contributed by atoms with van der Waals surface area (Å²) < 4.78 is 31.1. The Hall–Kier alpha value is -3.24. The van der Waals surface area contributed by atoms with E-state index in [2.05, 4.69) is 15.2 Å². The lowest BCUT2D eigenvalue weighted by atomic mass is 10.1. The summed E-state index contributed by atoms with van der Waals surface area (Å²) in [5.74, 6) is -0.249. The molecule has 1 heterocycles. The van der Waals surface area contributed by atoms with E-state index in [1.165, 1.54) is 24.1 Å². The summed E-state index contributed by atoms with van der Waals surface area (Å²) >= 11 is 0. The lowest BCUT2D eigenvalue weighted by Crippen LogP contribution is -2.44. The fourth-order valence-electron chi connectivity index (χ4n) is 2.71. The SMILES string of the molecule is CNS(=O)(=O)c1ccc(/C(C)=N\NC(=O)CN2C(=O)COc3ccccc32)cc1. The van der Waals surface area contributed by atoms with Crippen molar-refractivity contribution in [2.24, 2.45) is 5.10 Å². The Bertz CT molecular complexity index is 1060. The van der Waals surface area contributed by atoms with Gasteiger partial charge in [-0.1, -0.05) is 24.3 Å². The molecule has 0 atom stereocenters. The normalized spacial score (nSPS) is 14.2. The molecule has 29 heavy (non-hydrogen) atoms. The smallest absolute Gasteiger partial charge is 0.265 e. The first kappa shape index (κ1) is 20.5. The van der Waals surface area contributed by atoms with Crippen molar-refractivity contribution in [2.45, 2.75) is 11.8 Å². The number of fused-ring (bicyclic) bond motifs is 1. The van der Waals surface area contributed by atoms with Crippen molar-refractivity contribution in [3.63, 3.8) is 0 Å². The third-order valence-electron chi connectivity index (χ3n) is 4.31. The van der Waals surface area contributed by atoms with Crippen molar-refractivity contribution in [1.82, 2.24) is 10.1 Å². The van der Waals surface area contributed by atoms with Crippen molar-refractivity contribution in [1.29, 1.82) is 0 Å². The molecule has 2 aromatic carbocycles. The van der Waals surface area contributed by atoms with Crippen molar-refractivity contribution >= 4 is 33.2 Å². The maximum Gasteiger partial charge on any atom is 0.265 e. The van der Waals surface area contributed by atoms with Gasteiger partial charge in [-0.15, -0.1) is 0 Å². The highest BCUT2D eigenvalue weighted by molar-refractivity contribution is 7.89. The number of para-hydroxylation sites is 2. The van der Waals surface area contributed by atoms with Crippen molar-refractivity contribution in [2.75, 3.05) is 25.1 Å². The average molecular weight is 416 g/mol. The highest BCUT2D eigenvalue weighted by Crippen LogP contribution is 2.31. The number of rotatable bonds is 6. The fourth-order valence-corrected chi connectivity index (χ4v) is 3.44. The van der Waals surface area contributed by atoms with Gasteiger partial charge in [0.1, 0.15) is 12.3 Å². The van der Waals surface area contributed by atoms with Crippen LogP contribution in [0.1, 0.15) is 12.5 Å². The van der Waals surface area contributed by atoms with Crippen molar-refractivity contribution < 1.29 is 22.7 Å². The minimum absolute atomic E-state index is 0.130. The van der Waals surface area contributed by atoms with Crippen LogP contribution in [0.2, 0.25) is 0 Å². The molecule has 0 unspecified atom stereocenters. The Morgan fingerprint density at radius 1 is 1.17 bits per heavy atom. The molecule has 152 valence electrons. The van der Waals surface area contributed by atoms with Gasteiger partial charge in [0, 0.05) is 0 Å².